The van der Waals surface area contributed by atoms with Gasteiger partial charge in [0.05, 0.1) is 23.9 Å². The van der Waals surface area contributed by atoms with Crippen molar-refractivity contribution in [2.75, 3.05) is 6.61 Å². The Bertz CT molecular complexity index is 816. The van der Waals surface area contributed by atoms with Crippen molar-refractivity contribution in [3.8, 4) is 17.3 Å². The van der Waals surface area contributed by atoms with E-state index < -0.39 is 5.97 Å². The van der Waals surface area contributed by atoms with Gasteiger partial charge in [-0.3, -0.25) is 4.57 Å². The Morgan fingerprint density at radius 2 is 1.67 bits per heavy atom. The van der Waals surface area contributed by atoms with Crippen molar-refractivity contribution in [1.29, 1.82) is 0 Å². The van der Waals surface area contributed by atoms with Gasteiger partial charge in [0.1, 0.15) is 5.75 Å². The van der Waals surface area contributed by atoms with Crippen LogP contribution in [0.15, 0.2) is 30.5 Å². The van der Waals surface area contributed by atoms with Crippen LogP contribution in [0.5, 0.6) is 11.6 Å². The molecule has 30 heavy (non-hydrogen) atoms. The third-order valence-corrected chi connectivity index (χ3v) is 5.44. The number of hydrogen-bond donors (Lipinski definition) is 2. The fraction of sp³-hybridized carbons (Fsp3) is 0.500. The molecule has 0 fully saturated rings. The molecular weight excluding hydrogens is 398 g/mol. The van der Waals surface area contributed by atoms with E-state index in [-0.39, 0.29) is 17.2 Å². The van der Waals surface area contributed by atoms with Gasteiger partial charge in [0.2, 0.25) is 5.88 Å². The molecule has 0 unspecified atom stereocenters. The first-order valence-electron chi connectivity index (χ1n) is 10.9. The molecule has 0 saturated carbocycles. The lowest BCUT2D eigenvalue weighted by Crippen LogP contribution is -2.07. The number of unbranched alkanes of at least 4 members (excludes halogenated alkanes) is 9. The van der Waals surface area contributed by atoms with Crippen LogP contribution >= 0.6 is 12.2 Å². The number of aromatic hydroxyl groups is 2. The first-order valence-corrected chi connectivity index (χ1v) is 11.4. The predicted molar refractivity (Wildman–Crippen MR) is 124 cm³/mol. The zero-order chi connectivity index (χ0) is 21.8. The Morgan fingerprint density at radius 3 is 2.27 bits per heavy atom. The lowest BCUT2D eigenvalue weighted by molar-refractivity contribution is 0.0497. The zero-order valence-corrected chi connectivity index (χ0v) is 18.6. The highest BCUT2D eigenvalue weighted by molar-refractivity contribution is 7.79. The van der Waals surface area contributed by atoms with E-state index in [1.54, 1.807) is 24.3 Å². The predicted octanol–water partition coefficient (Wildman–Crippen LogP) is 6.31. The number of benzene rings is 1. The van der Waals surface area contributed by atoms with E-state index in [4.69, 9.17) is 17.0 Å². The molecule has 1 heterocycles. The number of esters is 1. The maximum absolute atomic E-state index is 12.3. The number of rotatable bonds is 14. The fourth-order valence-corrected chi connectivity index (χ4v) is 3.65. The van der Waals surface area contributed by atoms with E-state index in [1.807, 2.05) is 0 Å². The molecule has 2 rings (SSSR count). The summed E-state index contributed by atoms with van der Waals surface area (Å²) in [6, 6.07) is 6.73. The number of thiocarbonyl (C=S) groups is 1. The lowest BCUT2D eigenvalue weighted by atomic mass is 10.1. The van der Waals surface area contributed by atoms with Crippen molar-refractivity contribution in [3.05, 3.63) is 41.6 Å². The average Bonchev–Trinajstić information content (AvgIpc) is 3.05. The Morgan fingerprint density at radius 1 is 1.03 bits per heavy atom. The normalized spacial score (nSPS) is 10.8. The second-order valence-electron chi connectivity index (χ2n) is 7.61. The topological polar surface area (TPSA) is 71.7 Å². The molecule has 1 aromatic heterocycles. The molecule has 0 atom stereocenters. The molecule has 0 amide bonds. The van der Waals surface area contributed by atoms with Crippen LogP contribution in [0.1, 0.15) is 87.1 Å². The second kappa shape index (κ2) is 13.1. The summed E-state index contributed by atoms with van der Waals surface area (Å²) in [6.45, 7) is 2.64. The number of carbonyl (C=O) groups is 1. The van der Waals surface area contributed by atoms with Crippen molar-refractivity contribution < 1.29 is 19.7 Å². The molecule has 0 bridgehead atoms. The van der Waals surface area contributed by atoms with Gasteiger partial charge in [-0.1, -0.05) is 83.0 Å². The second-order valence-corrected chi connectivity index (χ2v) is 7.84. The number of carbonyl (C=O) groups excluding carboxylic acids is 1. The zero-order valence-electron chi connectivity index (χ0n) is 17.8. The summed E-state index contributed by atoms with van der Waals surface area (Å²) in [6.07, 6.45) is 13.7. The molecule has 6 heteroatoms. The molecular formula is C24H33NO4S. The summed E-state index contributed by atoms with van der Waals surface area (Å²) in [4.78, 5) is 12.3. The van der Waals surface area contributed by atoms with Gasteiger partial charge < -0.3 is 14.9 Å². The van der Waals surface area contributed by atoms with Crippen LogP contribution in [0, 0.1) is 0 Å². The summed E-state index contributed by atoms with van der Waals surface area (Å²) in [7, 11) is 0. The molecule has 0 radical (unpaired) electrons. The van der Waals surface area contributed by atoms with Crippen LogP contribution in [-0.4, -0.2) is 32.7 Å². The van der Waals surface area contributed by atoms with Crippen LogP contribution in [-0.2, 0) is 4.74 Å². The molecule has 2 aromatic rings. The highest BCUT2D eigenvalue weighted by Gasteiger charge is 2.15. The van der Waals surface area contributed by atoms with Crippen molar-refractivity contribution in [3.63, 3.8) is 0 Å². The molecule has 0 saturated heterocycles. The van der Waals surface area contributed by atoms with Crippen molar-refractivity contribution in [2.24, 2.45) is 0 Å². The summed E-state index contributed by atoms with van der Waals surface area (Å²) in [5, 5.41) is 21.3. The highest BCUT2D eigenvalue weighted by atomic mass is 32.1. The summed E-state index contributed by atoms with van der Waals surface area (Å²) < 4.78 is 6.77. The molecule has 5 nitrogen and oxygen atoms in total. The van der Waals surface area contributed by atoms with Gasteiger partial charge in [0.25, 0.3) is 0 Å². The molecule has 1 aromatic carbocycles. The van der Waals surface area contributed by atoms with Crippen LogP contribution < -0.4 is 0 Å². The largest absolute Gasteiger partial charge is 0.506 e. The third kappa shape index (κ3) is 7.17. The van der Waals surface area contributed by atoms with Crippen molar-refractivity contribution in [2.45, 2.75) is 71.1 Å². The Kier molecular flexibility index (Phi) is 10.4. The van der Waals surface area contributed by atoms with Gasteiger partial charge >= 0.3 is 5.97 Å². The Balaban J connectivity index is 1.73. The maximum atomic E-state index is 12.3. The van der Waals surface area contributed by atoms with Crippen LogP contribution in [0.3, 0.4) is 0 Å². The van der Waals surface area contributed by atoms with E-state index in [0.717, 1.165) is 12.8 Å². The lowest BCUT2D eigenvalue weighted by Gasteiger charge is -2.08. The quantitative estimate of drug-likeness (QED) is 0.208. The van der Waals surface area contributed by atoms with E-state index >= 15 is 0 Å². The van der Waals surface area contributed by atoms with Crippen LogP contribution in [0.2, 0.25) is 0 Å². The SMILES string of the molecule is CCCCCCCCCCCCOC(=O)c1cccc(-n2cc(O)c(C=S)c2O)c1. The van der Waals surface area contributed by atoms with Crippen LogP contribution in [0.4, 0.5) is 0 Å². The van der Waals surface area contributed by atoms with Gasteiger partial charge in [-0.15, -0.1) is 0 Å². The summed E-state index contributed by atoms with van der Waals surface area (Å²) in [5.41, 5.74) is 1.12. The summed E-state index contributed by atoms with van der Waals surface area (Å²) >= 11 is 4.81. The van der Waals surface area contributed by atoms with E-state index in [2.05, 4.69) is 6.92 Å². The summed E-state index contributed by atoms with van der Waals surface area (Å²) in [5.74, 6) is -0.673. The molecule has 0 aliphatic heterocycles. The first kappa shape index (κ1) is 23.9. The minimum absolute atomic E-state index is 0.114. The third-order valence-electron chi connectivity index (χ3n) is 5.21. The maximum Gasteiger partial charge on any atom is 0.338 e. The molecule has 164 valence electrons. The smallest absolute Gasteiger partial charge is 0.338 e. The molecule has 0 aliphatic rings. The number of hydrogen-bond acceptors (Lipinski definition) is 5. The Labute approximate surface area is 184 Å². The van der Waals surface area contributed by atoms with Gasteiger partial charge in [-0.05, 0) is 24.6 Å². The number of ether oxygens (including phenoxy) is 1. The van der Waals surface area contributed by atoms with Crippen molar-refractivity contribution in [1.82, 2.24) is 4.57 Å². The Hall–Kier alpha value is -2.34. The van der Waals surface area contributed by atoms with Gasteiger partial charge in [-0.25, -0.2) is 4.79 Å². The number of aromatic nitrogens is 1. The molecule has 0 aliphatic carbocycles. The van der Waals surface area contributed by atoms with Crippen LogP contribution in [0.25, 0.3) is 5.69 Å². The number of nitrogens with zero attached hydrogens (tertiary/aromatic N) is 1. The minimum atomic E-state index is -0.390. The monoisotopic (exact) mass is 431 g/mol. The fourth-order valence-electron chi connectivity index (χ4n) is 3.43. The standard InChI is InChI=1S/C24H33NO4S/c1-2-3-4-5-6-7-8-9-10-11-15-29-24(28)19-13-12-14-20(16-19)25-17-22(26)21(18-30)23(25)27/h12-14,16-18,26-27H,2-11,15H2,1H3. The van der Waals surface area contributed by atoms with E-state index in [1.165, 1.54) is 67.5 Å². The highest BCUT2D eigenvalue weighted by Crippen LogP contribution is 2.31. The molecule has 0 spiro atoms. The molecule has 2 N–H and O–H groups in total. The van der Waals surface area contributed by atoms with Crippen molar-refractivity contribution >= 4 is 23.6 Å². The van der Waals surface area contributed by atoms with E-state index in [0.29, 0.717) is 17.9 Å². The first-order chi connectivity index (χ1) is 14.6. The minimum Gasteiger partial charge on any atom is -0.506 e. The van der Waals surface area contributed by atoms with Gasteiger partial charge in [0.15, 0.2) is 0 Å². The van der Waals surface area contributed by atoms with Gasteiger partial charge in [-0.2, -0.15) is 0 Å². The average molecular weight is 432 g/mol. The van der Waals surface area contributed by atoms with Gasteiger partial charge in [0, 0.05) is 11.1 Å². The van der Waals surface area contributed by atoms with E-state index in [9.17, 15) is 15.0 Å².